The van der Waals surface area contributed by atoms with Gasteiger partial charge in [-0.15, -0.1) is 12.1 Å². The number of carbonyl (C=O) groups is 2. The molecule has 191 valence electrons. The fourth-order valence-electron chi connectivity index (χ4n) is 2.82. The Morgan fingerprint density at radius 1 is 0.972 bits per heavy atom. The Morgan fingerprint density at radius 3 is 2.25 bits per heavy atom. The first-order valence-electron chi connectivity index (χ1n) is 10.9. The van der Waals surface area contributed by atoms with E-state index in [4.69, 9.17) is 19.9 Å². The van der Waals surface area contributed by atoms with Gasteiger partial charge in [0.25, 0.3) is 0 Å². The summed E-state index contributed by atoms with van der Waals surface area (Å²) in [6, 6.07) is 21.4. The molecule has 2 N–H and O–H groups in total. The van der Waals surface area contributed by atoms with Gasteiger partial charge in [0.1, 0.15) is 12.4 Å². The van der Waals surface area contributed by atoms with E-state index in [2.05, 4.69) is 11.4 Å². The number of amides is 2. The summed E-state index contributed by atoms with van der Waals surface area (Å²) in [5, 5.41) is 4.76. The zero-order valence-electron chi connectivity index (χ0n) is 20.6. The second-order valence-corrected chi connectivity index (χ2v) is 9.95. The van der Waals surface area contributed by atoms with E-state index < -0.39 is 12.0 Å². The Hall–Kier alpha value is -1.78. The Labute approximate surface area is 245 Å². The summed E-state index contributed by atoms with van der Waals surface area (Å²) in [6.45, 7) is 2.89. The molecule has 0 saturated heterocycles. The van der Waals surface area contributed by atoms with Crippen LogP contribution in [-0.2, 0) is 47.0 Å². The minimum atomic E-state index is -0.558. The van der Waals surface area contributed by atoms with E-state index >= 15 is 0 Å². The van der Waals surface area contributed by atoms with Crippen LogP contribution in [0.5, 0.6) is 5.75 Å². The molecule has 1 atom stereocenters. The molecular formula is C26H30N2O5S2Y-2. The maximum atomic E-state index is 11.4. The number of methoxy groups -OCH3 is 2. The van der Waals surface area contributed by atoms with Gasteiger partial charge in [-0.2, -0.15) is 18.2 Å². The summed E-state index contributed by atoms with van der Waals surface area (Å²) in [5.74, 6) is 1.59. The number of carbonyl (C=O) groups excluding carboxylic acids is 2. The predicted molar refractivity (Wildman–Crippen MR) is 145 cm³/mol. The van der Waals surface area contributed by atoms with Crippen molar-refractivity contribution >= 4 is 50.0 Å². The minimum Gasteiger partial charge on any atom is -0.667 e. The van der Waals surface area contributed by atoms with Crippen molar-refractivity contribution in [2.45, 2.75) is 12.8 Å². The van der Waals surface area contributed by atoms with E-state index in [0.29, 0.717) is 12.3 Å². The van der Waals surface area contributed by atoms with E-state index in [1.165, 1.54) is 0 Å². The largest absolute Gasteiger partial charge is 0.667 e. The van der Waals surface area contributed by atoms with E-state index in [0.717, 1.165) is 40.2 Å². The van der Waals surface area contributed by atoms with Crippen molar-refractivity contribution in [3.8, 4) is 5.75 Å². The first-order chi connectivity index (χ1) is 16.9. The monoisotopic (exact) mass is 603 g/mol. The Balaban J connectivity index is 0.000000351. The normalized spacial score (nSPS) is 10.9. The van der Waals surface area contributed by atoms with Crippen LogP contribution in [0.3, 0.4) is 0 Å². The smallest absolute Gasteiger partial charge is 0.409 e. The molecule has 0 spiro atoms. The molecule has 2 amide bonds. The standard InChI is InChI=1S/C14H15NO2.C12H16NO3S2.Y/c1-9(14(15)16)10-3-4-12-8-13(17-2)6-5-11(12)7-10;1-15-7-9-17-18-10-8-16-12(14)13-11-5-3-2-4-6-11;/h3-9H,1-2H3,(H2,15,16);3-6H,7-10H2,1H3,(H,13,14);/q;-1;/p-1. The summed E-state index contributed by atoms with van der Waals surface area (Å²) >= 11 is 0. The molecule has 36 heavy (non-hydrogen) atoms. The van der Waals surface area contributed by atoms with Crippen molar-refractivity contribution < 1.29 is 56.5 Å². The summed E-state index contributed by atoms with van der Waals surface area (Å²) in [6.07, 6.45) is -0.427. The van der Waals surface area contributed by atoms with Crippen LogP contribution in [-0.4, -0.2) is 50.9 Å². The van der Waals surface area contributed by atoms with E-state index in [1.807, 2.05) is 36.4 Å². The molecule has 0 heterocycles. The van der Waals surface area contributed by atoms with E-state index in [9.17, 15) is 9.59 Å². The van der Waals surface area contributed by atoms with Gasteiger partial charge in [-0.05, 0) is 28.5 Å². The first kappa shape index (κ1) is 32.3. The molecule has 0 aliphatic heterocycles. The van der Waals surface area contributed by atoms with E-state index in [-0.39, 0.29) is 38.6 Å². The SMILES string of the molecule is COCCSSCCOC(=O)Nc1cc[c-]cc1.COc1ccc2cc(C(C)C([NH-])=O)ccc2c1.[Y]. The number of ether oxygens (including phenoxy) is 3. The molecule has 0 saturated carbocycles. The third-order valence-electron chi connectivity index (χ3n) is 4.78. The van der Waals surface area contributed by atoms with Crippen LogP contribution in [0.25, 0.3) is 16.5 Å². The molecule has 3 rings (SSSR count). The van der Waals surface area contributed by atoms with Crippen LogP contribution in [0.4, 0.5) is 10.5 Å². The molecule has 3 aromatic carbocycles. The number of rotatable bonds is 11. The van der Waals surface area contributed by atoms with E-state index in [1.54, 1.807) is 67.0 Å². The van der Waals surface area contributed by atoms with Gasteiger partial charge in [-0.1, -0.05) is 58.5 Å². The average molecular weight is 604 g/mol. The Morgan fingerprint density at radius 2 is 1.61 bits per heavy atom. The molecule has 0 aliphatic carbocycles. The number of nitrogens with one attached hydrogen (secondary N) is 2. The molecule has 0 aromatic heterocycles. The second-order valence-electron chi connectivity index (χ2n) is 7.24. The minimum absolute atomic E-state index is 0. The van der Waals surface area contributed by atoms with Crippen molar-refractivity contribution in [2.24, 2.45) is 0 Å². The van der Waals surface area contributed by atoms with Crippen molar-refractivity contribution in [1.82, 2.24) is 0 Å². The number of hydrogen-bond acceptors (Lipinski definition) is 7. The van der Waals surface area contributed by atoms with Crippen LogP contribution in [0.2, 0.25) is 0 Å². The topological polar surface area (TPSA) is 97.7 Å². The van der Waals surface area contributed by atoms with Gasteiger partial charge >= 0.3 is 6.09 Å². The van der Waals surface area contributed by atoms with Crippen molar-refractivity contribution in [3.05, 3.63) is 78.0 Å². The van der Waals surface area contributed by atoms with Crippen LogP contribution in [0, 0.1) is 6.07 Å². The van der Waals surface area contributed by atoms with Gasteiger partial charge in [0, 0.05) is 57.2 Å². The molecule has 3 aromatic rings. The number of hydrogen-bond donors (Lipinski definition) is 1. The van der Waals surface area contributed by atoms with Crippen LogP contribution in [0.1, 0.15) is 18.4 Å². The van der Waals surface area contributed by atoms with Crippen molar-refractivity contribution in [1.29, 1.82) is 0 Å². The van der Waals surface area contributed by atoms with Gasteiger partial charge in [0.15, 0.2) is 0 Å². The number of fused-ring (bicyclic) bond motifs is 1. The Kier molecular flexibility index (Phi) is 16.5. The third-order valence-corrected chi connectivity index (χ3v) is 7.12. The van der Waals surface area contributed by atoms with Crippen LogP contribution >= 0.6 is 21.6 Å². The van der Waals surface area contributed by atoms with Crippen molar-refractivity contribution in [3.63, 3.8) is 0 Å². The molecule has 1 unspecified atom stereocenters. The molecule has 0 bridgehead atoms. The fraction of sp³-hybridized carbons (Fsp3) is 0.308. The first-order valence-corrected chi connectivity index (χ1v) is 13.4. The third kappa shape index (κ3) is 12.0. The summed E-state index contributed by atoms with van der Waals surface area (Å²) in [5.41, 5.74) is 8.72. The molecule has 0 fully saturated rings. The van der Waals surface area contributed by atoms with Gasteiger partial charge in [0.05, 0.1) is 19.6 Å². The molecule has 1 radical (unpaired) electrons. The molecule has 0 aliphatic rings. The van der Waals surface area contributed by atoms with Gasteiger partial charge in [-0.3, -0.25) is 0 Å². The van der Waals surface area contributed by atoms with Gasteiger partial charge in [0.2, 0.25) is 0 Å². The average Bonchev–Trinajstić information content (AvgIpc) is 2.88. The molecule has 10 heteroatoms. The Bertz CT molecular complexity index is 1070. The van der Waals surface area contributed by atoms with Crippen LogP contribution in [0.15, 0.2) is 60.7 Å². The second kappa shape index (κ2) is 18.5. The maximum Gasteiger partial charge on any atom is 0.409 e. The zero-order chi connectivity index (χ0) is 25.5. The quantitative estimate of drug-likeness (QED) is 0.150. The summed E-state index contributed by atoms with van der Waals surface area (Å²) < 4.78 is 15.1. The van der Waals surface area contributed by atoms with Crippen molar-refractivity contribution in [2.75, 3.05) is 44.3 Å². The predicted octanol–water partition coefficient (Wildman–Crippen LogP) is 6.59. The van der Waals surface area contributed by atoms with Gasteiger partial charge in [-0.25, -0.2) is 4.79 Å². The fourth-order valence-corrected chi connectivity index (χ4v) is 4.55. The summed E-state index contributed by atoms with van der Waals surface area (Å²) in [7, 11) is 6.69. The maximum absolute atomic E-state index is 11.4. The molecule has 7 nitrogen and oxygen atoms in total. The number of benzene rings is 3. The van der Waals surface area contributed by atoms with Gasteiger partial charge < -0.3 is 30.1 Å². The number of anilines is 1. The zero-order valence-corrected chi connectivity index (χ0v) is 25.1. The summed E-state index contributed by atoms with van der Waals surface area (Å²) in [4.78, 5) is 22.4. The van der Waals surface area contributed by atoms with Crippen LogP contribution < -0.4 is 10.1 Å². The molecular weight excluding hydrogens is 573 g/mol.